The topological polar surface area (TPSA) is 111 Å². The van der Waals surface area contributed by atoms with E-state index in [0.29, 0.717) is 16.8 Å². The summed E-state index contributed by atoms with van der Waals surface area (Å²) in [6.45, 7) is 3.03. The monoisotopic (exact) mass is 330 g/mol. The zero-order valence-electron chi connectivity index (χ0n) is 13.0. The van der Waals surface area contributed by atoms with E-state index in [1.165, 1.54) is 6.07 Å². The molecule has 1 amide bonds. The lowest BCUT2D eigenvalue weighted by atomic mass is 9.84. The van der Waals surface area contributed by atoms with Gasteiger partial charge < -0.3 is 20.5 Å². The van der Waals surface area contributed by atoms with Gasteiger partial charge in [0.1, 0.15) is 5.75 Å². The number of phenolic OH excluding ortho intramolecular Hbond substituents is 1. The van der Waals surface area contributed by atoms with E-state index >= 15 is 0 Å². The Bertz CT molecular complexity index is 823. The predicted octanol–water partition coefficient (Wildman–Crippen LogP) is 1.24. The Balaban J connectivity index is 1.81. The first-order chi connectivity index (χ1) is 11.5. The number of rotatable bonds is 2. The summed E-state index contributed by atoms with van der Waals surface area (Å²) in [7, 11) is 0. The van der Waals surface area contributed by atoms with Crippen molar-refractivity contribution in [2.24, 2.45) is 11.7 Å². The number of nitrogens with zero attached hydrogens (tertiary/aromatic N) is 3. The van der Waals surface area contributed by atoms with Gasteiger partial charge in [-0.3, -0.25) is 4.68 Å². The van der Waals surface area contributed by atoms with E-state index in [2.05, 4.69) is 14.7 Å². The molecule has 4 heterocycles. The summed E-state index contributed by atoms with van der Waals surface area (Å²) >= 11 is 0. The first-order valence-electron chi connectivity index (χ1n) is 7.98. The van der Waals surface area contributed by atoms with E-state index in [-0.39, 0.29) is 17.5 Å². The Kier molecular flexibility index (Phi) is 3.42. The minimum Gasteiger partial charge on any atom is -0.508 e. The highest BCUT2D eigenvalue weighted by Crippen LogP contribution is 2.38. The molecule has 0 unspecified atom stereocenters. The zero-order valence-corrected chi connectivity index (χ0v) is 13.0. The number of amides is 1. The molecule has 0 aliphatic carbocycles. The van der Waals surface area contributed by atoms with Crippen LogP contribution in [0.15, 0.2) is 18.2 Å². The molecule has 0 spiro atoms. The Labute approximate surface area is 137 Å². The van der Waals surface area contributed by atoms with Gasteiger partial charge >= 0.3 is 12.1 Å². The largest absolute Gasteiger partial charge is 0.508 e. The molecule has 0 saturated carbocycles. The van der Waals surface area contributed by atoms with Crippen LogP contribution in [0, 0.1) is 5.92 Å². The smallest absolute Gasteiger partial charge is 0.412 e. The summed E-state index contributed by atoms with van der Waals surface area (Å²) in [6.07, 6.45) is 1.02. The van der Waals surface area contributed by atoms with Gasteiger partial charge in [-0.15, -0.1) is 0 Å². The quantitative estimate of drug-likeness (QED) is 0.633. The van der Waals surface area contributed by atoms with E-state index in [9.17, 15) is 14.7 Å². The van der Waals surface area contributed by atoms with Crippen molar-refractivity contribution in [1.29, 1.82) is 0 Å². The average Bonchev–Trinajstić information content (AvgIpc) is 2.94. The molecule has 5 rings (SSSR count). The fraction of sp³-hybridized carbons (Fsp3) is 0.438. The number of hydrogen-bond donors (Lipinski definition) is 2. The number of aromatic nitrogens is 2. The first kappa shape index (κ1) is 14.9. The van der Waals surface area contributed by atoms with E-state index in [1.54, 1.807) is 16.8 Å². The maximum Gasteiger partial charge on any atom is 0.412 e. The van der Waals surface area contributed by atoms with Crippen molar-refractivity contribution in [3.63, 3.8) is 0 Å². The number of fused-ring (bicyclic) bond motifs is 4. The van der Waals surface area contributed by atoms with Gasteiger partial charge in [-0.2, -0.15) is 5.10 Å². The van der Waals surface area contributed by atoms with Crippen LogP contribution in [0.5, 0.6) is 5.75 Å². The number of benzene rings is 1. The summed E-state index contributed by atoms with van der Waals surface area (Å²) in [5, 5.41) is 14.8. The van der Waals surface area contributed by atoms with Crippen molar-refractivity contribution in [2.45, 2.75) is 18.9 Å². The lowest BCUT2D eigenvalue weighted by Crippen LogP contribution is -2.48. The summed E-state index contributed by atoms with van der Waals surface area (Å²) in [6, 6.07) is 4.80. The number of primary amides is 1. The Hall–Kier alpha value is -2.61. The molecule has 1 atom stereocenters. The van der Waals surface area contributed by atoms with E-state index in [1.807, 2.05) is 0 Å². The van der Waals surface area contributed by atoms with Gasteiger partial charge in [-0.05, 0) is 44.0 Å². The number of aromatic hydroxyl groups is 1. The molecule has 1 aromatic carbocycles. The second-order valence-electron chi connectivity index (χ2n) is 6.41. The summed E-state index contributed by atoms with van der Waals surface area (Å²) in [5.74, 6) is -0.293. The molecule has 126 valence electrons. The molecule has 2 aromatic rings. The van der Waals surface area contributed by atoms with Gasteiger partial charge in [0, 0.05) is 18.0 Å². The van der Waals surface area contributed by atoms with Gasteiger partial charge in [-0.1, -0.05) is 0 Å². The molecule has 3 fully saturated rings. The van der Waals surface area contributed by atoms with Crippen LogP contribution in [-0.4, -0.2) is 51.5 Å². The number of piperidine rings is 3. The molecule has 3 N–H and O–H groups in total. The summed E-state index contributed by atoms with van der Waals surface area (Å²) in [5.41, 5.74) is 5.63. The van der Waals surface area contributed by atoms with Crippen LogP contribution in [0.4, 0.5) is 4.79 Å². The molecule has 3 aliphatic heterocycles. The third-order valence-corrected chi connectivity index (χ3v) is 5.01. The molecule has 8 heteroatoms. The van der Waals surface area contributed by atoms with Gasteiger partial charge in [0.2, 0.25) is 0 Å². The number of carbonyl (C=O) groups excluding carboxylic acids is 2. The van der Waals surface area contributed by atoms with Crippen LogP contribution in [-0.2, 0) is 4.74 Å². The fourth-order valence-electron chi connectivity index (χ4n) is 3.88. The fourth-order valence-corrected chi connectivity index (χ4v) is 3.88. The molecule has 3 aliphatic rings. The number of nitrogens with two attached hydrogens (primary N) is 1. The SMILES string of the molecule is NC(=O)OC(=O)c1nn([C@@H]2CN3CCC2CC3)c2cc(O)ccc12. The first-order valence-corrected chi connectivity index (χ1v) is 7.98. The molecule has 0 radical (unpaired) electrons. The molecular formula is C16H18N4O4. The highest BCUT2D eigenvalue weighted by atomic mass is 16.6. The van der Waals surface area contributed by atoms with Crippen molar-refractivity contribution in [3.8, 4) is 5.75 Å². The number of esters is 1. The maximum absolute atomic E-state index is 12.1. The van der Waals surface area contributed by atoms with Crippen molar-refractivity contribution < 1.29 is 19.4 Å². The van der Waals surface area contributed by atoms with Crippen LogP contribution in [0.3, 0.4) is 0 Å². The van der Waals surface area contributed by atoms with Gasteiger partial charge in [0.15, 0.2) is 5.69 Å². The van der Waals surface area contributed by atoms with Crippen molar-refractivity contribution >= 4 is 23.0 Å². The third-order valence-electron chi connectivity index (χ3n) is 5.01. The Morgan fingerprint density at radius 3 is 2.67 bits per heavy atom. The van der Waals surface area contributed by atoms with Crippen LogP contribution >= 0.6 is 0 Å². The second-order valence-corrected chi connectivity index (χ2v) is 6.41. The Morgan fingerprint density at radius 2 is 2.04 bits per heavy atom. The molecular weight excluding hydrogens is 312 g/mol. The third kappa shape index (κ3) is 2.39. The van der Waals surface area contributed by atoms with Gasteiger partial charge in [0.25, 0.3) is 0 Å². The minimum atomic E-state index is -1.16. The molecule has 24 heavy (non-hydrogen) atoms. The van der Waals surface area contributed by atoms with Crippen LogP contribution in [0.25, 0.3) is 10.9 Å². The summed E-state index contributed by atoms with van der Waals surface area (Å²) in [4.78, 5) is 25.4. The Morgan fingerprint density at radius 1 is 1.29 bits per heavy atom. The van der Waals surface area contributed by atoms with Crippen LogP contribution < -0.4 is 5.73 Å². The summed E-state index contributed by atoms with van der Waals surface area (Å²) < 4.78 is 6.28. The van der Waals surface area contributed by atoms with E-state index in [0.717, 1.165) is 32.5 Å². The highest BCUT2D eigenvalue weighted by Gasteiger charge is 2.37. The molecule has 2 bridgehead atoms. The van der Waals surface area contributed by atoms with Gasteiger partial charge in [0.05, 0.1) is 11.6 Å². The highest BCUT2D eigenvalue weighted by molar-refractivity contribution is 6.05. The standard InChI is InChI=1S/C16H18N4O4/c17-16(23)24-15(22)14-11-2-1-10(21)7-12(11)20(18-14)13-8-19-5-3-9(13)4-6-19/h1-2,7,9,13,21H,3-6,8H2,(H2,17,23)/t13-/m1/s1. The van der Waals surface area contributed by atoms with Crippen LogP contribution in [0.2, 0.25) is 0 Å². The maximum atomic E-state index is 12.1. The number of phenols is 1. The van der Waals surface area contributed by atoms with Crippen LogP contribution in [0.1, 0.15) is 29.4 Å². The van der Waals surface area contributed by atoms with E-state index in [4.69, 9.17) is 5.73 Å². The van der Waals surface area contributed by atoms with Crippen molar-refractivity contribution in [1.82, 2.24) is 14.7 Å². The predicted molar refractivity (Wildman–Crippen MR) is 84.6 cm³/mol. The number of carbonyl (C=O) groups is 2. The minimum absolute atomic E-state index is 0.0419. The second kappa shape index (κ2) is 5.48. The molecule has 3 saturated heterocycles. The van der Waals surface area contributed by atoms with Crippen molar-refractivity contribution in [2.75, 3.05) is 19.6 Å². The number of hydrogen-bond acceptors (Lipinski definition) is 6. The lowest BCUT2D eigenvalue weighted by molar-refractivity contribution is 0.0518. The molecule has 8 nitrogen and oxygen atoms in total. The number of ether oxygens (including phenoxy) is 1. The van der Waals surface area contributed by atoms with Crippen molar-refractivity contribution in [3.05, 3.63) is 23.9 Å². The normalized spacial score (nSPS) is 25.8. The zero-order chi connectivity index (χ0) is 16.8. The lowest BCUT2D eigenvalue weighted by Gasteiger charge is -2.44. The average molecular weight is 330 g/mol. The van der Waals surface area contributed by atoms with E-state index < -0.39 is 12.1 Å². The van der Waals surface area contributed by atoms with Gasteiger partial charge in [-0.25, -0.2) is 9.59 Å². The molecule has 1 aromatic heterocycles.